The fourth-order valence-corrected chi connectivity index (χ4v) is 5.36. The van der Waals surface area contributed by atoms with E-state index in [2.05, 4.69) is 10.1 Å². The van der Waals surface area contributed by atoms with Gasteiger partial charge in [0.1, 0.15) is 5.60 Å². The number of esters is 1. The van der Waals surface area contributed by atoms with Crippen LogP contribution in [0.4, 0.5) is 0 Å². The lowest BCUT2D eigenvalue weighted by atomic mass is 9.69. The molecule has 2 aliphatic rings. The van der Waals surface area contributed by atoms with Crippen molar-refractivity contribution in [1.82, 2.24) is 5.32 Å². The van der Waals surface area contributed by atoms with Crippen molar-refractivity contribution < 1.29 is 29.3 Å². The molecule has 5 atom stereocenters. The van der Waals surface area contributed by atoms with Crippen LogP contribution in [0.3, 0.4) is 0 Å². The van der Waals surface area contributed by atoms with E-state index in [1.165, 1.54) is 14.0 Å². The number of carbonyl (C=O) groups is 3. The van der Waals surface area contributed by atoms with Crippen molar-refractivity contribution in [2.75, 3.05) is 18.7 Å². The smallest absolute Gasteiger partial charge is 0.306 e. The van der Waals surface area contributed by atoms with Crippen molar-refractivity contribution >= 4 is 40.4 Å². The van der Waals surface area contributed by atoms with Crippen LogP contribution < -0.4 is 5.32 Å². The van der Waals surface area contributed by atoms with Crippen LogP contribution in [0.2, 0.25) is 0 Å². The number of nitrogens with one attached hydrogen (secondary N) is 1. The molecule has 1 aliphatic heterocycles. The lowest BCUT2D eigenvalue weighted by Crippen LogP contribution is -2.69. The number of aliphatic hydroxyl groups is 2. The quantitative estimate of drug-likeness (QED) is 0.301. The first kappa shape index (κ1) is 23.2. The van der Waals surface area contributed by atoms with E-state index in [9.17, 15) is 24.6 Å². The van der Waals surface area contributed by atoms with E-state index in [1.54, 1.807) is 0 Å². The minimum absolute atomic E-state index is 0.00358. The second-order valence-electron chi connectivity index (χ2n) is 7.40. The first-order valence-electron chi connectivity index (χ1n) is 9.41. The van der Waals surface area contributed by atoms with E-state index < -0.39 is 40.2 Å². The van der Waals surface area contributed by atoms with Gasteiger partial charge in [0, 0.05) is 17.6 Å². The average molecular weight is 434 g/mol. The van der Waals surface area contributed by atoms with Gasteiger partial charge in [0.15, 0.2) is 5.54 Å². The van der Waals surface area contributed by atoms with Crippen molar-refractivity contribution in [3.05, 3.63) is 12.2 Å². The molecule has 1 aliphatic carbocycles. The molecule has 0 bridgehead atoms. The van der Waals surface area contributed by atoms with E-state index >= 15 is 0 Å². The zero-order valence-electron chi connectivity index (χ0n) is 16.2. The van der Waals surface area contributed by atoms with Gasteiger partial charge in [-0.3, -0.25) is 14.4 Å². The van der Waals surface area contributed by atoms with Crippen molar-refractivity contribution in [3.63, 3.8) is 0 Å². The summed E-state index contributed by atoms with van der Waals surface area (Å²) in [5.41, 5.74) is -3.72. The number of hydrogen-bond donors (Lipinski definition) is 3. The standard InChI is InChI=1S/C19H28ClNO6S/c1-18(26)13(8-10-20)16(24)21-19(18,15(23)12-6-4-3-5-7-12)17(25)28-11-9-14(22)27-2/h4,6,12-13,15,23,26H,3,5,7-11H2,1-2H3,(H,21,24). The number of methoxy groups -OCH3 is 1. The van der Waals surface area contributed by atoms with Gasteiger partial charge < -0.3 is 20.3 Å². The maximum atomic E-state index is 13.3. The van der Waals surface area contributed by atoms with Gasteiger partial charge in [0.25, 0.3) is 0 Å². The lowest BCUT2D eigenvalue weighted by Gasteiger charge is -2.45. The van der Waals surface area contributed by atoms with Gasteiger partial charge in [0.2, 0.25) is 11.0 Å². The Kier molecular flexibility index (Phi) is 7.96. The van der Waals surface area contributed by atoms with Crippen LogP contribution in [-0.2, 0) is 19.1 Å². The summed E-state index contributed by atoms with van der Waals surface area (Å²) in [5.74, 6) is -2.02. The minimum Gasteiger partial charge on any atom is -0.469 e. The molecule has 1 heterocycles. The zero-order valence-corrected chi connectivity index (χ0v) is 17.7. The topological polar surface area (TPSA) is 113 Å². The summed E-state index contributed by atoms with van der Waals surface area (Å²) >= 11 is 6.60. The van der Waals surface area contributed by atoms with Gasteiger partial charge in [-0.25, -0.2) is 0 Å². The van der Waals surface area contributed by atoms with Crippen molar-refractivity contribution in [1.29, 1.82) is 0 Å². The molecule has 0 aromatic rings. The molecule has 1 fully saturated rings. The Morgan fingerprint density at radius 2 is 2.21 bits per heavy atom. The summed E-state index contributed by atoms with van der Waals surface area (Å²) < 4.78 is 4.58. The number of hydrogen-bond acceptors (Lipinski definition) is 7. The molecule has 1 saturated heterocycles. The zero-order chi connectivity index (χ0) is 20.9. The summed E-state index contributed by atoms with van der Waals surface area (Å²) in [4.78, 5) is 37.2. The first-order chi connectivity index (χ1) is 13.2. The molecule has 0 radical (unpaired) electrons. The third kappa shape index (κ3) is 4.25. The normalized spacial score (nSPS) is 33.4. The molecule has 1 amide bonds. The van der Waals surface area contributed by atoms with Crippen LogP contribution in [0.15, 0.2) is 12.2 Å². The van der Waals surface area contributed by atoms with Gasteiger partial charge in [-0.1, -0.05) is 23.9 Å². The summed E-state index contributed by atoms with van der Waals surface area (Å²) in [7, 11) is 1.26. The van der Waals surface area contributed by atoms with Crippen molar-refractivity contribution in [2.24, 2.45) is 11.8 Å². The molecule has 3 N–H and O–H groups in total. The number of ether oxygens (including phenoxy) is 1. The Bertz CT molecular complexity index is 640. The van der Waals surface area contributed by atoms with Crippen LogP contribution in [0, 0.1) is 11.8 Å². The number of allylic oxidation sites excluding steroid dienone is 1. The Morgan fingerprint density at radius 3 is 2.79 bits per heavy atom. The van der Waals surface area contributed by atoms with E-state index in [0.717, 1.165) is 24.6 Å². The highest BCUT2D eigenvalue weighted by Gasteiger charge is 2.68. The SMILES string of the molecule is COC(=O)CCSC(=O)C1(C(O)C2C=CCCC2)NC(=O)C(CCCl)C1(C)O. The summed E-state index contributed by atoms with van der Waals surface area (Å²) in [6.45, 7) is 1.40. The number of halogens is 1. The largest absolute Gasteiger partial charge is 0.469 e. The Hall–Kier alpha value is -1.09. The molecule has 0 aromatic carbocycles. The molecular formula is C19H28ClNO6S. The third-order valence-corrected chi connectivity index (χ3v) is 6.95. The van der Waals surface area contributed by atoms with Crippen molar-refractivity contribution in [3.8, 4) is 0 Å². The van der Waals surface area contributed by atoms with Gasteiger partial charge >= 0.3 is 5.97 Å². The monoisotopic (exact) mass is 433 g/mol. The minimum atomic E-state index is -1.88. The summed E-state index contributed by atoms with van der Waals surface area (Å²) in [5, 5.41) is 24.6. The summed E-state index contributed by atoms with van der Waals surface area (Å²) in [6, 6.07) is 0. The highest BCUT2D eigenvalue weighted by molar-refractivity contribution is 8.13. The highest BCUT2D eigenvalue weighted by Crippen LogP contribution is 2.46. The lowest BCUT2D eigenvalue weighted by molar-refractivity contribution is -0.142. The van der Waals surface area contributed by atoms with Crippen LogP contribution in [-0.4, -0.2) is 63.2 Å². The Labute approximate surface area is 174 Å². The van der Waals surface area contributed by atoms with Gasteiger partial charge in [-0.15, -0.1) is 11.6 Å². The number of carbonyl (C=O) groups excluding carboxylic acids is 3. The fourth-order valence-electron chi connectivity index (χ4n) is 4.08. The van der Waals surface area contributed by atoms with Crippen LogP contribution in [0.5, 0.6) is 0 Å². The van der Waals surface area contributed by atoms with Crippen LogP contribution in [0.25, 0.3) is 0 Å². The summed E-state index contributed by atoms with van der Waals surface area (Å²) in [6.07, 6.45) is 5.02. The number of rotatable bonds is 8. The molecule has 5 unspecified atom stereocenters. The van der Waals surface area contributed by atoms with E-state index in [1.807, 2.05) is 12.2 Å². The number of thioether (sulfide) groups is 1. The Morgan fingerprint density at radius 1 is 1.50 bits per heavy atom. The highest BCUT2D eigenvalue weighted by atomic mass is 35.5. The Balaban J connectivity index is 2.36. The maximum Gasteiger partial charge on any atom is 0.306 e. The molecule has 158 valence electrons. The predicted octanol–water partition coefficient (Wildman–Crippen LogP) is 1.39. The van der Waals surface area contributed by atoms with Crippen LogP contribution >= 0.6 is 23.4 Å². The predicted molar refractivity (Wildman–Crippen MR) is 107 cm³/mol. The molecule has 7 nitrogen and oxygen atoms in total. The number of alkyl halides is 1. The van der Waals surface area contributed by atoms with Gasteiger partial charge in [0.05, 0.1) is 25.6 Å². The second kappa shape index (κ2) is 9.61. The van der Waals surface area contributed by atoms with Gasteiger partial charge in [-0.05, 0) is 32.6 Å². The van der Waals surface area contributed by atoms with Crippen molar-refractivity contribution in [2.45, 2.75) is 56.3 Å². The first-order valence-corrected chi connectivity index (χ1v) is 10.9. The second-order valence-corrected chi connectivity index (χ2v) is 8.85. The molecule has 28 heavy (non-hydrogen) atoms. The molecule has 0 spiro atoms. The van der Waals surface area contributed by atoms with E-state index in [-0.39, 0.29) is 30.4 Å². The van der Waals surface area contributed by atoms with E-state index in [4.69, 9.17) is 11.6 Å². The molecular weight excluding hydrogens is 406 g/mol. The third-order valence-electron chi connectivity index (χ3n) is 5.74. The maximum absolute atomic E-state index is 13.3. The molecule has 9 heteroatoms. The molecule has 0 saturated carbocycles. The number of aliphatic hydroxyl groups excluding tert-OH is 1. The number of amides is 1. The fraction of sp³-hybridized carbons (Fsp3) is 0.737. The van der Waals surface area contributed by atoms with Gasteiger partial charge in [-0.2, -0.15) is 0 Å². The molecule has 2 rings (SSSR count). The molecule has 0 aromatic heterocycles. The van der Waals surface area contributed by atoms with Crippen LogP contribution in [0.1, 0.15) is 39.0 Å². The van der Waals surface area contributed by atoms with E-state index in [0.29, 0.717) is 6.42 Å². The average Bonchev–Trinajstić information content (AvgIpc) is 2.89.